The highest BCUT2D eigenvalue weighted by atomic mass is 35.5. The van der Waals surface area contributed by atoms with Crippen LogP contribution in [0.25, 0.3) is 10.2 Å². The number of carbonyl (C=O) groups is 1. The molecule has 2 aromatic carbocycles. The molecule has 5 rings (SSSR count). The molecule has 7 nitrogen and oxygen atoms in total. The highest BCUT2D eigenvalue weighted by molar-refractivity contribution is 7.16. The van der Waals surface area contributed by atoms with Gasteiger partial charge in [-0.05, 0) is 60.7 Å². The van der Waals surface area contributed by atoms with Crippen LogP contribution in [0.2, 0.25) is 5.02 Å². The summed E-state index contributed by atoms with van der Waals surface area (Å²) in [7, 11) is 1.59. The second kappa shape index (κ2) is 9.14. The number of ether oxygens (including phenoxy) is 1. The van der Waals surface area contributed by atoms with E-state index in [9.17, 15) is 14.7 Å². The lowest BCUT2D eigenvalue weighted by Crippen LogP contribution is -2.43. The Morgan fingerprint density at radius 2 is 2.18 bits per heavy atom. The molecule has 1 amide bonds. The van der Waals surface area contributed by atoms with Gasteiger partial charge in [-0.2, -0.15) is 0 Å². The Kier molecular flexibility index (Phi) is 6.20. The lowest BCUT2D eigenvalue weighted by molar-refractivity contribution is 0.0187. The van der Waals surface area contributed by atoms with E-state index in [0.717, 1.165) is 45.5 Å². The van der Waals surface area contributed by atoms with Crippen molar-refractivity contribution in [3.05, 3.63) is 78.3 Å². The summed E-state index contributed by atoms with van der Waals surface area (Å²) in [6.45, 7) is 0.334. The van der Waals surface area contributed by atoms with Gasteiger partial charge < -0.3 is 15.2 Å². The summed E-state index contributed by atoms with van der Waals surface area (Å²) in [5, 5.41) is 17.0. The molecule has 0 fully saturated rings. The normalized spacial score (nSPS) is 17.5. The first-order chi connectivity index (χ1) is 16.4. The highest BCUT2D eigenvalue weighted by Gasteiger charge is 2.35. The summed E-state index contributed by atoms with van der Waals surface area (Å²) in [6.07, 6.45) is 2.26. The first-order valence-electron chi connectivity index (χ1n) is 10.8. The molecule has 2 aromatic heterocycles. The van der Waals surface area contributed by atoms with Crippen LogP contribution < -0.4 is 14.9 Å². The zero-order chi connectivity index (χ0) is 23.9. The summed E-state index contributed by atoms with van der Waals surface area (Å²) >= 11 is 8.57. The first-order valence-corrected chi connectivity index (χ1v) is 12.8. The monoisotopic (exact) mass is 515 g/mol. The van der Waals surface area contributed by atoms with Crippen molar-refractivity contribution in [1.29, 1.82) is 0 Å². The van der Waals surface area contributed by atoms with Gasteiger partial charge >= 0.3 is 4.87 Å². The maximum Gasteiger partial charge on any atom is 0.308 e. The number of methoxy groups -OCH3 is 1. The molecular weight excluding hydrogens is 494 g/mol. The predicted molar refractivity (Wildman–Crippen MR) is 134 cm³/mol. The molecule has 10 heteroatoms. The number of nitrogens with zero attached hydrogens (tertiary/aromatic N) is 2. The molecule has 2 N–H and O–H groups in total. The van der Waals surface area contributed by atoms with Crippen LogP contribution in [-0.2, 0) is 18.6 Å². The largest absolute Gasteiger partial charge is 0.497 e. The smallest absolute Gasteiger partial charge is 0.308 e. The maximum absolute atomic E-state index is 12.8. The van der Waals surface area contributed by atoms with E-state index in [2.05, 4.69) is 10.3 Å². The quantitative estimate of drug-likeness (QED) is 0.402. The number of rotatable bonds is 6. The van der Waals surface area contributed by atoms with Gasteiger partial charge in [0.05, 0.1) is 30.4 Å². The van der Waals surface area contributed by atoms with Gasteiger partial charge in [-0.3, -0.25) is 14.2 Å². The summed E-state index contributed by atoms with van der Waals surface area (Å²) in [5.74, 6) is 0.309. The van der Waals surface area contributed by atoms with Crippen LogP contribution >= 0.6 is 34.3 Å². The van der Waals surface area contributed by atoms with Crippen molar-refractivity contribution in [3.63, 3.8) is 0 Å². The van der Waals surface area contributed by atoms with Gasteiger partial charge in [0.2, 0.25) is 0 Å². The molecule has 1 atom stereocenters. The zero-order valence-corrected chi connectivity index (χ0v) is 20.7. The molecule has 176 valence electrons. The van der Waals surface area contributed by atoms with Crippen LogP contribution in [0.5, 0.6) is 5.75 Å². The number of thiazole rings is 2. The van der Waals surface area contributed by atoms with E-state index in [4.69, 9.17) is 16.3 Å². The van der Waals surface area contributed by atoms with Crippen LogP contribution in [0.3, 0.4) is 0 Å². The van der Waals surface area contributed by atoms with Crippen molar-refractivity contribution in [2.24, 2.45) is 0 Å². The number of hydrogen-bond donors (Lipinski definition) is 2. The molecule has 0 spiro atoms. The molecule has 0 saturated heterocycles. The number of benzene rings is 2. The van der Waals surface area contributed by atoms with Crippen molar-refractivity contribution >= 4 is 50.4 Å². The third kappa shape index (κ3) is 4.36. The Balaban J connectivity index is 1.31. The Morgan fingerprint density at radius 1 is 1.32 bits per heavy atom. The number of aryl methyl sites for hydroxylation is 1. The Bertz CT molecular complexity index is 1440. The second-order valence-corrected chi connectivity index (χ2v) is 10.7. The van der Waals surface area contributed by atoms with Crippen LogP contribution in [0, 0.1) is 0 Å². The van der Waals surface area contributed by atoms with Crippen LogP contribution in [0.15, 0.2) is 46.6 Å². The van der Waals surface area contributed by atoms with Gasteiger partial charge in [0.15, 0.2) is 0 Å². The Labute approximate surface area is 208 Å². The fourth-order valence-electron chi connectivity index (χ4n) is 4.35. The standard InChI is InChI=1S/C24H22ClN3O4S2/c1-32-16-6-4-14-3-2-8-24(31,17(14)10-16)13-26-22(29)18-12-33-21(27-18)11-28-19-9-15(25)5-7-20(19)34-23(28)30/h4-7,9-10,12,31H,2-3,8,11,13H2,1H3,(H,26,29). The third-order valence-corrected chi connectivity index (χ3v) is 8.13. The zero-order valence-electron chi connectivity index (χ0n) is 18.3. The Morgan fingerprint density at radius 3 is 3.00 bits per heavy atom. The molecule has 0 radical (unpaired) electrons. The van der Waals surface area contributed by atoms with Gasteiger partial charge in [-0.15, -0.1) is 11.3 Å². The number of amides is 1. The van der Waals surface area contributed by atoms with Crippen LogP contribution in [0.4, 0.5) is 0 Å². The van der Waals surface area contributed by atoms with Crippen LogP contribution in [0.1, 0.15) is 39.5 Å². The molecule has 0 bridgehead atoms. The van der Waals surface area contributed by atoms with Gasteiger partial charge in [0, 0.05) is 10.4 Å². The molecule has 2 heterocycles. The first kappa shape index (κ1) is 23.0. The SMILES string of the molecule is COc1ccc2c(c1)C(O)(CNC(=O)c1csc(Cn3c(=O)sc4ccc(Cl)cc43)n1)CCC2. The van der Waals surface area contributed by atoms with Crippen molar-refractivity contribution < 1.29 is 14.6 Å². The molecule has 1 unspecified atom stereocenters. The summed E-state index contributed by atoms with van der Waals surface area (Å²) < 4.78 is 7.78. The highest BCUT2D eigenvalue weighted by Crippen LogP contribution is 2.37. The average molecular weight is 516 g/mol. The summed E-state index contributed by atoms with van der Waals surface area (Å²) in [5.41, 5.74) is 1.69. The number of nitrogens with one attached hydrogen (secondary N) is 1. The third-order valence-electron chi connectivity index (χ3n) is 6.10. The van der Waals surface area contributed by atoms with E-state index in [0.29, 0.717) is 22.2 Å². The molecule has 4 aromatic rings. The van der Waals surface area contributed by atoms with Crippen LogP contribution in [-0.4, -0.2) is 34.2 Å². The van der Waals surface area contributed by atoms with Crippen molar-refractivity contribution in [3.8, 4) is 5.75 Å². The minimum absolute atomic E-state index is 0.0754. The van der Waals surface area contributed by atoms with Gasteiger partial charge in [-0.1, -0.05) is 29.0 Å². The molecule has 34 heavy (non-hydrogen) atoms. The molecule has 0 saturated carbocycles. The van der Waals surface area contributed by atoms with Crippen molar-refractivity contribution in [1.82, 2.24) is 14.9 Å². The van der Waals surface area contributed by atoms with Gasteiger partial charge in [-0.25, -0.2) is 4.98 Å². The van der Waals surface area contributed by atoms with E-state index in [1.165, 1.54) is 11.3 Å². The molecule has 0 aliphatic heterocycles. The number of aliphatic hydroxyl groups is 1. The van der Waals surface area contributed by atoms with E-state index in [1.807, 2.05) is 24.3 Å². The molecular formula is C24H22ClN3O4S2. The fourth-order valence-corrected chi connectivity index (χ4v) is 6.15. The fraction of sp³-hybridized carbons (Fsp3) is 0.292. The topological polar surface area (TPSA) is 93.5 Å². The van der Waals surface area contributed by atoms with Gasteiger partial charge in [0.1, 0.15) is 22.1 Å². The molecule has 1 aliphatic carbocycles. The van der Waals surface area contributed by atoms with E-state index in [-0.39, 0.29) is 29.6 Å². The molecule has 1 aliphatic rings. The number of fused-ring (bicyclic) bond motifs is 2. The number of carbonyl (C=O) groups excluding carboxylic acids is 1. The average Bonchev–Trinajstić information content (AvgIpc) is 3.42. The van der Waals surface area contributed by atoms with Gasteiger partial charge in [0.25, 0.3) is 5.91 Å². The number of halogens is 1. The summed E-state index contributed by atoms with van der Waals surface area (Å²) in [6, 6.07) is 11.0. The van der Waals surface area contributed by atoms with E-state index >= 15 is 0 Å². The lowest BCUT2D eigenvalue weighted by Gasteiger charge is -2.34. The lowest BCUT2D eigenvalue weighted by atomic mass is 9.79. The summed E-state index contributed by atoms with van der Waals surface area (Å²) in [4.78, 5) is 29.6. The van der Waals surface area contributed by atoms with Crippen molar-refractivity contribution in [2.45, 2.75) is 31.4 Å². The Hall–Kier alpha value is -2.72. The van der Waals surface area contributed by atoms with Crippen molar-refractivity contribution in [2.75, 3.05) is 13.7 Å². The minimum atomic E-state index is -1.17. The number of aromatic nitrogens is 2. The minimum Gasteiger partial charge on any atom is -0.497 e. The van der Waals surface area contributed by atoms with E-state index in [1.54, 1.807) is 29.2 Å². The van der Waals surface area contributed by atoms with E-state index < -0.39 is 5.60 Å². The number of hydrogen-bond acceptors (Lipinski definition) is 7. The maximum atomic E-state index is 12.8. The second-order valence-electron chi connectivity index (χ2n) is 8.28. The predicted octanol–water partition coefficient (Wildman–Crippen LogP) is 4.18.